The minimum Gasteiger partial charge on any atom is -0.361 e. The molecule has 0 unspecified atom stereocenters. The van der Waals surface area contributed by atoms with Gasteiger partial charge in [-0.3, -0.25) is 4.79 Å². The van der Waals surface area contributed by atoms with Crippen molar-refractivity contribution >= 4 is 23.0 Å². The van der Waals surface area contributed by atoms with Gasteiger partial charge < -0.3 is 9.55 Å². The van der Waals surface area contributed by atoms with Crippen molar-refractivity contribution in [1.82, 2.24) is 20.0 Å². The highest BCUT2D eigenvalue weighted by Gasteiger charge is 2.07. The third kappa shape index (κ3) is 3.39. The van der Waals surface area contributed by atoms with Crippen molar-refractivity contribution in [2.75, 3.05) is 0 Å². The Kier molecular flexibility index (Phi) is 4.30. The highest BCUT2D eigenvalue weighted by atomic mass is 16.2. The molecular weight excluding hydrogens is 326 g/mol. The fourth-order valence-electron chi connectivity index (χ4n) is 2.81. The van der Waals surface area contributed by atoms with E-state index >= 15 is 0 Å². The van der Waals surface area contributed by atoms with Crippen LogP contribution in [0.1, 0.15) is 11.1 Å². The number of imidazole rings is 1. The molecule has 6 nitrogen and oxygen atoms in total. The monoisotopic (exact) mass is 343 g/mol. The number of hydrogen-bond acceptors (Lipinski definition) is 3. The number of benzene rings is 2. The second kappa shape index (κ2) is 7.06. The summed E-state index contributed by atoms with van der Waals surface area (Å²) in [7, 11) is 0. The SMILES string of the molecule is O=C(Cc1c[nH]c2ccccc12)N/N=C/c1ccc(-n2ccnc2)cc1. The molecule has 26 heavy (non-hydrogen) atoms. The number of hydrogen-bond donors (Lipinski definition) is 2. The zero-order chi connectivity index (χ0) is 17.8. The first-order chi connectivity index (χ1) is 12.8. The summed E-state index contributed by atoms with van der Waals surface area (Å²) in [5.74, 6) is -0.152. The second-order valence-corrected chi connectivity index (χ2v) is 5.89. The summed E-state index contributed by atoms with van der Waals surface area (Å²) in [5, 5.41) is 5.10. The molecule has 2 aromatic heterocycles. The van der Waals surface area contributed by atoms with E-state index in [4.69, 9.17) is 0 Å². The standard InChI is InChI=1S/C20H17N5O/c26-20(11-16-13-22-19-4-2-1-3-18(16)19)24-23-12-15-5-7-17(8-6-15)25-10-9-21-14-25/h1-10,12-14,22H,11H2,(H,24,26)/b23-12+. The van der Waals surface area contributed by atoms with Crippen molar-refractivity contribution in [2.24, 2.45) is 5.10 Å². The molecule has 0 spiro atoms. The van der Waals surface area contributed by atoms with Crippen molar-refractivity contribution in [1.29, 1.82) is 0 Å². The van der Waals surface area contributed by atoms with Crippen LogP contribution in [0.3, 0.4) is 0 Å². The number of para-hydroxylation sites is 1. The average Bonchev–Trinajstić information content (AvgIpc) is 3.33. The highest BCUT2D eigenvalue weighted by molar-refractivity contribution is 5.89. The maximum absolute atomic E-state index is 12.1. The van der Waals surface area contributed by atoms with E-state index in [0.29, 0.717) is 0 Å². The lowest BCUT2D eigenvalue weighted by Crippen LogP contribution is -2.19. The van der Waals surface area contributed by atoms with Gasteiger partial charge in [-0.25, -0.2) is 10.4 Å². The number of amides is 1. The minimum absolute atomic E-state index is 0.152. The Hall–Kier alpha value is -3.67. The second-order valence-electron chi connectivity index (χ2n) is 5.89. The number of fused-ring (bicyclic) bond motifs is 1. The van der Waals surface area contributed by atoms with Crippen LogP contribution in [0.5, 0.6) is 0 Å². The molecule has 1 amide bonds. The summed E-state index contributed by atoms with van der Waals surface area (Å²) in [6.45, 7) is 0. The molecule has 0 aliphatic carbocycles. The number of aromatic nitrogens is 3. The summed E-state index contributed by atoms with van der Waals surface area (Å²) >= 11 is 0. The van der Waals surface area contributed by atoms with E-state index in [1.807, 2.05) is 65.5 Å². The molecule has 0 radical (unpaired) electrons. The number of hydrazone groups is 1. The Labute approximate surface area is 150 Å². The number of nitrogens with one attached hydrogen (secondary N) is 2. The van der Waals surface area contributed by atoms with Gasteiger partial charge in [0.2, 0.25) is 5.91 Å². The maximum atomic E-state index is 12.1. The van der Waals surface area contributed by atoms with Crippen LogP contribution < -0.4 is 5.43 Å². The van der Waals surface area contributed by atoms with Gasteiger partial charge in [0.05, 0.1) is 19.0 Å². The molecule has 4 rings (SSSR count). The van der Waals surface area contributed by atoms with E-state index in [9.17, 15) is 4.79 Å². The zero-order valence-electron chi connectivity index (χ0n) is 14.0. The highest BCUT2D eigenvalue weighted by Crippen LogP contribution is 2.17. The van der Waals surface area contributed by atoms with Crippen molar-refractivity contribution in [3.05, 3.63) is 84.6 Å². The molecule has 0 bridgehead atoms. The van der Waals surface area contributed by atoms with Crippen molar-refractivity contribution in [3.63, 3.8) is 0 Å². The molecule has 0 aliphatic rings. The van der Waals surface area contributed by atoms with Crippen LogP contribution in [-0.2, 0) is 11.2 Å². The molecule has 0 saturated carbocycles. The molecule has 0 fully saturated rings. The average molecular weight is 343 g/mol. The van der Waals surface area contributed by atoms with Gasteiger partial charge >= 0.3 is 0 Å². The van der Waals surface area contributed by atoms with Crippen LogP contribution in [0, 0.1) is 0 Å². The lowest BCUT2D eigenvalue weighted by Gasteiger charge is -2.02. The van der Waals surface area contributed by atoms with Crippen LogP contribution >= 0.6 is 0 Å². The summed E-state index contributed by atoms with van der Waals surface area (Å²) in [4.78, 5) is 19.3. The minimum atomic E-state index is -0.152. The van der Waals surface area contributed by atoms with Gasteiger partial charge in [0, 0.05) is 35.2 Å². The molecule has 4 aromatic rings. The molecule has 6 heteroatoms. The molecule has 128 valence electrons. The number of aromatic amines is 1. The van der Waals surface area contributed by atoms with E-state index in [2.05, 4.69) is 20.5 Å². The van der Waals surface area contributed by atoms with Crippen LogP contribution in [0.2, 0.25) is 0 Å². The van der Waals surface area contributed by atoms with E-state index in [0.717, 1.165) is 27.7 Å². The largest absolute Gasteiger partial charge is 0.361 e. The van der Waals surface area contributed by atoms with Crippen LogP contribution in [0.25, 0.3) is 16.6 Å². The summed E-state index contributed by atoms with van der Waals surface area (Å²) in [6.07, 6.45) is 9.13. The van der Waals surface area contributed by atoms with Crippen molar-refractivity contribution < 1.29 is 4.79 Å². The lowest BCUT2D eigenvalue weighted by atomic mass is 10.1. The van der Waals surface area contributed by atoms with E-state index in [1.54, 1.807) is 18.7 Å². The first kappa shape index (κ1) is 15.8. The smallest absolute Gasteiger partial charge is 0.244 e. The van der Waals surface area contributed by atoms with Crippen LogP contribution in [0.4, 0.5) is 0 Å². The number of nitrogens with zero attached hydrogens (tertiary/aromatic N) is 3. The molecule has 0 saturated heterocycles. The Morgan fingerprint density at radius 3 is 2.85 bits per heavy atom. The summed E-state index contributed by atoms with van der Waals surface area (Å²) < 4.78 is 1.92. The van der Waals surface area contributed by atoms with Crippen molar-refractivity contribution in [2.45, 2.75) is 6.42 Å². The third-order valence-electron chi connectivity index (χ3n) is 4.12. The normalized spacial score (nSPS) is 11.2. The molecule has 2 heterocycles. The van der Waals surface area contributed by atoms with E-state index in [1.165, 1.54) is 0 Å². The Morgan fingerprint density at radius 1 is 1.19 bits per heavy atom. The Balaban J connectivity index is 1.36. The van der Waals surface area contributed by atoms with Gasteiger partial charge in [-0.05, 0) is 29.3 Å². The molecule has 0 atom stereocenters. The van der Waals surface area contributed by atoms with Crippen LogP contribution in [0.15, 0.2) is 78.6 Å². The fraction of sp³-hybridized carbons (Fsp3) is 0.0500. The van der Waals surface area contributed by atoms with Gasteiger partial charge in [-0.2, -0.15) is 5.10 Å². The Morgan fingerprint density at radius 2 is 2.04 bits per heavy atom. The molecular formula is C20H17N5O. The number of carbonyl (C=O) groups is 1. The molecule has 2 N–H and O–H groups in total. The van der Waals surface area contributed by atoms with E-state index in [-0.39, 0.29) is 12.3 Å². The molecule has 2 aromatic carbocycles. The maximum Gasteiger partial charge on any atom is 0.244 e. The van der Waals surface area contributed by atoms with Gasteiger partial charge in [0.1, 0.15) is 0 Å². The van der Waals surface area contributed by atoms with Crippen LogP contribution in [-0.4, -0.2) is 26.7 Å². The number of carbonyl (C=O) groups excluding carboxylic acids is 1. The quantitative estimate of drug-likeness (QED) is 0.432. The first-order valence-corrected chi connectivity index (χ1v) is 8.25. The van der Waals surface area contributed by atoms with Gasteiger partial charge in [0.15, 0.2) is 0 Å². The predicted molar refractivity (Wildman–Crippen MR) is 101 cm³/mol. The van der Waals surface area contributed by atoms with Crippen molar-refractivity contribution in [3.8, 4) is 5.69 Å². The van der Waals surface area contributed by atoms with E-state index < -0.39 is 0 Å². The summed E-state index contributed by atoms with van der Waals surface area (Å²) in [5.41, 5.74) is 6.48. The zero-order valence-corrected chi connectivity index (χ0v) is 14.0. The summed E-state index contributed by atoms with van der Waals surface area (Å²) in [6, 6.07) is 15.7. The topological polar surface area (TPSA) is 75.1 Å². The van der Waals surface area contributed by atoms with Gasteiger partial charge in [-0.1, -0.05) is 30.3 Å². The number of H-pyrrole nitrogens is 1. The Bertz CT molecular complexity index is 1050. The predicted octanol–water partition coefficient (Wildman–Crippen LogP) is 3.05. The van der Waals surface area contributed by atoms with Gasteiger partial charge in [0.25, 0.3) is 0 Å². The number of rotatable bonds is 5. The fourth-order valence-corrected chi connectivity index (χ4v) is 2.81. The molecule has 0 aliphatic heterocycles. The first-order valence-electron chi connectivity index (χ1n) is 8.25. The lowest BCUT2D eigenvalue weighted by molar-refractivity contribution is -0.120. The van der Waals surface area contributed by atoms with Gasteiger partial charge in [-0.15, -0.1) is 0 Å². The third-order valence-corrected chi connectivity index (χ3v) is 4.12.